The monoisotopic (exact) mass is 272 g/mol. The molecule has 104 valence electrons. The van der Waals surface area contributed by atoms with E-state index in [0.29, 0.717) is 18.6 Å². The minimum atomic E-state index is -1.69. The number of ether oxygens (including phenoxy) is 1. The van der Waals surface area contributed by atoms with Crippen molar-refractivity contribution < 1.29 is 18.8 Å². The second-order valence-corrected chi connectivity index (χ2v) is 9.74. The fourth-order valence-corrected chi connectivity index (χ4v) is 1.90. The first-order valence-electron chi connectivity index (χ1n) is 6.27. The molecule has 0 atom stereocenters. The summed E-state index contributed by atoms with van der Waals surface area (Å²) in [6.07, 6.45) is 3.83. The van der Waals surface area contributed by atoms with Crippen LogP contribution in [0.15, 0.2) is 12.2 Å². The van der Waals surface area contributed by atoms with Gasteiger partial charge in [0.2, 0.25) is 8.32 Å². The highest BCUT2D eigenvalue weighted by atomic mass is 28.4. The molecule has 0 aliphatic carbocycles. The molecule has 0 aromatic heterocycles. The molecular formula is C13H24O4Si. The lowest BCUT2D eigenvalue weighted by molar-refractivity contribution is -0.142. The Balaban J connectivity index is 0.000000327. The van der Waals surface area contributed by atoms with Gasteiger partial charge in [-0.15, -0.1) is 0 Å². The van der Waals surface area contributed by atoms with E-state index >= 15 is 0 Å². The molecule has 0 unspecified atom stereocenters. The van der Waals surface area contributed by atoms with Gasteiger partial charge in [0, 0.05) is 12.0 Å². The lowest BCUT2D eigenvalue weighted by Crippen LogP contribution is -2.29. The number of carbonyl (C=O) groups is 2. The van der Waals surface area contributed by atoms with Gasteiger partial charge in [-0.25, -0.2) is 4.79 Å². The van der Waals surface area contributed by atoms with Crippen molar-refractivity contribution in [2.75, 3.05) is 6.61 Å². The summed E-state index contributed by atoms with van der Waals surface area (Å²) in [5.74, 6) is -0.290. The van der Waals surface area contributed by atoms with Crippen molar-refractivity contribution >= 4 is 20.3 Å². The van der Waals surface area contributed by atoms with Crippen LogP contribution in [0, 0.1) is 0 Å². The highest BCUT2D eigenvalue weighted by Gasteiger charge is 2.19. The Labute approximate surface area is 110 Å². The van der Waals surface area contributed by atoms with E-state index in [1.807, 2.05) is 19.6 Å². The zero-order valence-corrected chi connectivity index (χ0v) is 12.9. The lowest BCUT2D eigenvalue weighted by atomic mass is 10.2. The second kappa shape index (κ2) is 8.08. The van der Waals surface area contributed by atoms with Gasteiger partial charge >= 0.3 is 11.9 Å². The number of esters is 1. The minimum absolute atomic E-state index is 0.0255. The predicted octanol–water partition coefficient (Wildman–Crippen LogP) is 3.04. The Morgan fingerprint density at radius 1 is 1.28 bits per heavy atom. The van der Waals surface area contributed by atoms with E-state index in [9.17, 15) is 9.59 Å². The van der Waals surface area contributed by atoms with Gasteiger partial charge in [0.25, 0.3) is 0 Å². The molecule has 1 rings (SSSR count). The third-order valence-corrected chi connectivity index (χ3v) is 2.83. The van der Waals surface area contributed by atoms with Crippen LogP contribution in [0.25, 0.3) is 0 Å². The van der Waals surface area contributed by atoms with Gasteiger partial charge in [-0.2, -0.15) is 0 Å². The van der Waals surface area contributed by atoms with Crippen molar-refractivity contribution in [3.63, 3.8) is 0 Å². The molecule has 18 heavy (non-hydrogen) atoms. The standard InChI is InChI=1S/C7H14O2Si.C6H10O2/c1-6(2)7(8)9-10(3,4)5;7-6-4-2-1-3-5-8-6/h1H2,2-5H3;1-5H2. The third-order valence-electron chi connectivity index (χ3n) is 2.04. The van der Waals surface area contributed by atoms with Crippen LogP contribution in [-0.4, -0.2) is 26.9 Å². The molecular weight excluding hydrogens is 248 g/mol. The van der Waals surface area contributed by atoms with Crippen LogP contribution >= 0.6 is 0 Å². The van der Waals surface area contributed by atoms with Crippen LogP contribution in [0.3, 0.4) is 0 Å². The normalized spacial score (nSPS) is 15.7. The molecule has 0 aromatic rings. The van der Waals surface area contributed by atoms with E-state index in [-0.39, 0.29) is 11.9 Å². The molecule has 4 nitrogen and oxygen atoms in total. The summed E-state index contributed by atoms with van der Waals surface area (Å²) in [6, 6.07) is 0. The summed E-state index contributed by atoms with van der Waals surface area (Å²) in [6.45, 7) is 11.7. The Morgan fingerprint density at radius 2 is 1.89 bits per heavy atom. The average molecular weight is 272 g/mol. The molecule has 0 amide bonds. The summed E-state index contributed by atoms with van der Waals surface area (Å²) < 4.78 is 9.86. The Bertz CT molecular complexity index is 295. The van der Waals surface area contributed by atoms with Crippen LogP contribution in [0.4, 0.5) is 0 Å². The van der Waals surface area contributed by atoms with E-state index in [0.717, 1.165) is 19.3 Å². The first-order chi connectivity index (χ1) is 8.22. The molecule has 1 aliphatic rings. The van der Waals surface area contributed by atoms with Crippen molar-refractivity contribution in [1.82, 2.24) is 0 Å². The molecule has 0 radical (unpaired) electrons. The fraction of sp³-hybridized carbons (Fsp3) is 0.692. The molecule has 5 heteroatoms. The predicted molar refractivity (Wildman–Crippen MR) is 73.7 cm³/mol. The molecule has 1 fully saturated rings. The molecule has 0 saturated carbocycles. The summed E-state index contributed by atoms with van der Waals surface area (Å²) in [7, 11) is -1.69. The average Bonchev–Trinajstić information content (AvgIpc) is 2.44. The smallest absolute Gasteiger partial charge is 0.319 e. The van der Waals surface area contributed by atoms with Crippen molar-refractivity contribution in [1.29, 1.82) is 0 Å². The van der Waals surface area contributed by atoms with Crippen LogP contribution in [0.5, 0.6) is 0 Å². The molecule has 1 saturated heterocycles. The van der Waals surface area contributed by atoms with Gasteiger partial charge in [0.1, 0.15) is 0 Å². The summed E-state index contributed by atoms with van der Waals surface area (Å²) in [5.41, 5.74) is 0.474. The third kappa shape index (κ3) is 10.1. The topological polar surface area (TPSA) is 52.6 Å². The zero-order valence-electron chi connectivity index (χ0n) is 11.9. The van der Waals surface area contributed by atoms with E-state index < -0.39 is 8.32 Å². The van der Waals surface area contributed by atoms with Crippen LogP contribution in [0.1, 0.15) is 32.6 Å². The quantitative estimate of drug-likeness (QED) is 0.440. The molecule has 1 heterocycles. The van der Waals surface area contributed by atoms with Gasteiger partial charge in [0.15, 0.2) is 0 Å². The van der Waals surface area contributed by atoms with Gasteiger partial charge in [-0.1, -0.05) is 6.58 Å². The fourth-order valence-electron chi connectivity index (χ4n) is 1.17. The van der Waals surface area contributed by atoms with Crippen molar-refractivity contribution in [3.8, 4) is 0 Å². The van der Waals surface area contributed by atoms with Crippen LogP contribution < -0.4 is 0 Å². The molecule has 0 bridgehead atoms. The maximum atomic E-state index is 10.9. The van der Waals surface area contributed by atoms with Gasteiger partial charge < -0.3 is 9.16 Å². The number of carbonyl (C=O) groups excluding carboxylic acids is 2. The van der Waals surface area contributed by atoms with Crippen LogP contribution in [-0.2, 0) is 18.8 Å². The van der Waals surface area contributed by atoms with E-state index in [4.69, 9.17) is 9.16 Å². The van der Waals surface area contributed by atoms with Crippen LogP contribution in [0.2, 0.25) is 19.6 Å². The van der Waals surface area contributed by atoms with Gasteiger partial charge in [-0.3, -0.25) is 4.79 Å². The summed E-state index contributed by atoms with van der Waals surface area (Å²) >= 11 is 0. The van der Waals surface area contributed by atoms with Gasteiger partial charge in [-0.05, 0) is 45.8 Å². The second-order valence-electron chi connectivity index (χ2n) is 5.31. The van der Waals surface area contributed by atoms with Gasteiger partial charge in [0.05, 0.1) is 6.61 Å². The van der Waals surface area contributed by atoms with E-state index in [1.54, 1.807) is 6.92 Å². The van der Waals surface area contributed by atoms with E-state index in [2.05, 4.69) is 6.58 Å². The van der Waals surface area contributed by atoms with Crippen molar-refractivity contribution in [3.05, 3.63) is 12.2 Å². The molecule has 0 aromatic carbocycles. The Hall–Kier alpha value is -1.10. The summed E-state index contributed by atoms with van der Waals surface area (Å²) in [5, 5.41) is 0. The lowest BCUT2D eigenvalue weighted by Gasteiger charge is -2.16. The molecule has 0 N–H and O–H groups in total. The first kappa shape index (κ1) is 16.9. The maximum Gasteiger partial charge on any atom is 0.319 e. The first-order valence-corrected chi connectivity index (χ1v) is 9.67. The number of cyclic esters (lactones) is 1. The highest BCUT2D eigenvalue weighted by Crippen LogP contribution is 2.06. The number of hydrogen-bond acceptors (Lipinski definition) is 4. The number of hydrogen-bond donors (Lipinski definition) is 0. The van der Waals surface area contributed by atoms with Crippen molar-refractivity contribution in [2.24, 2.45) is 0 Å². The maximum absolute atomic E-state index is 10.9. The SMILES string of the molecule is C=C(C)C(=O)O[Si](C)(C)C.O=C1CCCCCO1. The van der Waals surface area contributed by atoms with Crippen molar-refractivity contribution in [2.45, 2.75) is 52.2 Å². The number of rotatable bonds is 2. The largest absolute Gasteiger partial charge is 0.517 e. The van der Waals surface area contributed by atoms with E-state index in [1.165, 1.54) is 0 Å². The zero-order chi connectivity index (χ0) is 14.2. The Morgan fingerprint density at radius 3 is 2.33 bits per heavy atom. The summed E-state index contributed by atoms with van der Waals surface area (Å²) in [4.78, 5) is 21.3. The Kier molecular flexibility index (Phi) is 7.58. The highest BCUT2D eigenvalue weighted by molar-refractivity contribution is 6.71. The minimum Gasteiger partial charge on any atom is -0.517 e. The molecule has 0 spiro atoms. The molecule has 1 aliphatic heterocycles.